The van der Waals surface area contributed by atoms with Crippen molar-refractivity contribution in [1.29, 1.82) is 0 Å². The Kier molecular flexibility index (Phi) is 5.72. The van der Waals surface area contributed by atoms with Gasteiger partial charge >= 0.3 is 11.9 Å². The highest BCUT2D eigenvalue weighted by Gasteiger charge is 2.61. The summed E-state index contributed by atoms with van der Waals surface area (Å²) in [6.07, 6.45) is 4.27. The van der Waals surface area contributed by atoms with Crippen molar-refractivity contribution in [3.05, 3.63) is 41.6 Å². The molecule has 3 rings (SSSR count). The summed E-state index contributed by atoms with van der Waals surface area (Å²) in [5, 5.41) is 9.40. The molecule has 1 fully saturated rings. The summed E-state index contributed by atoms with van der Waals surface area (Å²) in [5.74, 6) is -2.22. The zero-order valence-electron chi connectivity index (χ0n) is 16.1. The fourth-order valence-corrected chi connectivity index (χ4v) is 4.36. The van der Waals surface area contributed by atoms with E-state index in [1.54, 1.807) is 24.1 Å². The number of carbonyl (C=O) groups excluding carboxylic acids is 2. The van der Waals surface area contributed by atoms with Crippen LogP contribution in [0.4, 0.5) is 0 Å². The first kappa shape index (κ1) is 19.9. The number of ether oxygens (including phenoxy) is 2. The van der Waals surface area contributed by atoms with E-state index in [0.29, 0.717) is 17.9 Å². The number of esters is 1. The first-order valence-corrected chi connectivity index (χ1v) is 9.39. The molecule has 1 aromatic carbocycles. The number of nitrogens with zero attached hydrogens (tertiary/aromatic N) is 1. The molecule has 7 heteroatoms. The molecule has 0 unspecified atom stereocenters. The molecule has 1 aromatic rings. The molecule has 1 aliphatic heterocycles. The van der Waals surface area contributed by atoms with Crippen molar-refractivity contribution < 1.29 is 29.0 Å². The molecule has 150 valence electrons. The van der Waals surface area contributed by atoms with Crippen molar-refractivity contribution in [2.24, 2.45) is 11.3 Å². The fraction of sp³-hybridized carbons (Fsp3) is 0.476. The lowest BCUT2D eigenvalue weighted by Crippen LogP contribution is -2.40. The molecular formula is C21H25NO6. The van der Waals surface area contributed by atoms with Crippen molar-refractivity contribution in [2.75, 3.05) is 14.2 Å². The molecule has 1 N–H and O–H groups in total. The predicted molar refractivity (Wildman–Crippen MR) is 100 cm³/mol. The van der Waals surface area contributed by atoms with Crippen LogP contribution in [0.15, 0.2) is 36.0 Å². The standard InChI is InChI=1S/C21H25NO6/c1-27-15-9-7-14(8-10-15)13-22-17-6-4-3-5-11-21(17,20(26)28-2)16(19(22)25)12-18(23)24/h6-10,16H,3-5,11-13H2,1-2H3,(H,23,24)/t16-,21-/m0/s1. The molecule has 0 radical (unpaired) electrons. The maximum absolute atomic E-state index is 13.3. The van der Waals surface area contributed by atoms with Crippen LogP contribution in [-0.2, 0) is 25.7 Å². The molecule has 0 bridgehead atoms. The smallest absolute Gasteiger partial charge is 0.318 e. The molecule has 1 aliphatic carbocycles. The topological polar surface area (TPSA) is 93.1 Å². The lowest BCUT2D eigenvalue weighted by Gasteiger charge is -2.31. The van der Waals surface area contributed by atoms with E-state index < -0.39 is 29.7 Å². The van der Waals surface area contributed by atoms with Gasteiger partial charge in [0.1, 0.15) is 11.2 Å². The third kappa shape index (κ3) is 3.37. The average molecular weight is 387 g/mol. The van der Waals surface area contributed by atoms with E-state index in [-0.39, 0.29) is 12.5 Å². The summed E-state index contributed by atoms with van der Waals surface area (Å²) in [4.78, 5) is 39.2. The second kappa shape index (κ2) is 8.04. The number of carbonyl (C=O) groups is 3. The summed E-state index contributed by atoms with van der Waals surface area (Å²) < 4.78 is 10.2. The van der Waals surface area contributed by atoms with Gasteiger partial charge in [0, 0.05) is 5.70 Å². The number of benzene rings is 1. The van der Waals surface area contributed by atoms with E-state index in [1.807, 2.05) is 18.2 Å². The molecule has 1 heterocycles. The zero-order valence-corrected chi connectivity index (χ0v) is 16.1. The highest BCUT2D eigenvalue weighted by molar-refractivity contribution is 5.98. The number of likely N-dealkylation sites (tertiary alicyclic amines) is 1. The van der Waals surface area contributed by atoms with E-state index in [0.717, 1.165) is 24.8 Å². The van der Waals surface area contributed by atoms with Gasteiger partial charge < -0.3 is 19.5 Å². The van der Waals surface area contributed by atoms with Crippen molar-refractivity contribution in [2.45, 2.75) is 38.6 Å². The maximum Gasteiger partial charge on any atom is 0.318 e. The minimum absolute atomic E-state index is 0.267. The van der Waals surface area contributed by atoms with E-state index in [4.69, 9.17) is 9.47 Å². The molecule has 28 heavy (non-hydrogen) atoms. The Bertz CT molecular complexity index is 800. The van der Waals surface area contributed by atoms with E-state index in [1.165, 1.54) is 7.11 Å². The Morgan fingerprint density at radius 2 is 1.93 bits per heavy atom. The van der Waals surface area contributed by atoms with Crippen molar-refractivity contribution in [3.8, 4) is 5.75 Å². The number of carboxylic acids is 1. The summed E-state index contributed by atoms with van der Waals surface area (Å²) >= 11 is 0. The number of aliphatic carboxylic acids is 1. The highest BCUT2D eigenvalue weighted by atomic mass is 16.5. The molecule has 1 saturated heterocycles. The molecule has 0 aromatic heterocycles. The lowest BCUT2D eigenvalue weighted by molar-refractivity contribution is -0.156. The quantitative estimate of drug-likeness (QED) is 0.755. The largest absolute Gasteiger partial charge is 0.497 e. The normalized spacial score (nSPS) is 24.2. The van der Waals surface area contributed by atoms with Crippen LogP contribution in [0.25, 0.3) is 0 Å². The van der Waals surface area contributed by atoms with Crippen molar-refractivity contribution in [3.63, 3.8) is 0 Å². The molecule has 0 spiro atoms. The molecule has 2 aliphatic rings. The Hall–Kier alpha value is -2.83. The third-order valence-corrected chi connectivity index (χ3v) is 5.70. The second-order valence-electron chi connectivity index (χ2n) is 7.22. The highest BCUT2D eigenvalue weighted by Crippen LogP contribution is 2.53. The van der Waals surface area contributed by atoms with Gasteiger partial charge in [-0.15, -0.1) is 0 Å². The third-order valence-electron chi connectivity index (χ3n) is 5.70. The van der Waals surface area contributed by atoms with Crippen LogP contribution in [0.5, 0.6) is 5.75 Å². The second-order valence-corrected chi connectivity index (χ2v) is 7.22. The van der Waals surface area contributed by atoms with Crippen molar-refractivity contribution in [1.82, 2.24) is 4.90 Å². The average Bonchev–Trinajstić information content (AvgIpc) is 2.85. The van der Waals surface area contributed by atoms with Crippen LogP contribution in [0.3, 0.4) is 0 Å². The van der Waals surface area contributed by atoms with Gasteiger partial charge in [0.15, 0.2) is 0 Å². The van der Waals surface area contributed by atoms with Gasteiger partial charge in [-0.3, -0.25) is 14.4 Å². The van der Waals surface area contributed by atoms with Crippen LogP contribution in [0, 0.1) is 11.3 Å². The monoisotopic (exact) mass is 387 g/mol. The van der Waals surface area contributed by atoms with Gasteiger partial charge in [-0.2, -0.15) is 0 Å². The van der Waals surface area contributed by atoms with Crippen LogP contribution < -0.4 is 4.74 Å². The number of rotatable bonds is 6. The molecule has 2 atom stereocenters. The molecular weight excluding hydrogens is 362 g/mol. The molecule has 1 amide bonds. The Morgan fingerprint density at radius 1 is 1.21 bits per heavy atom. The number of fused-ring (bicyclic) bond motifs is 1. The summed E-state index contributed by atoms with van der Waals surface area (Å²) in [5.41, 5.74) is 0.227. The van der Waals surface area contributed by atoms with Crippen LogP contribution in [0.1, 0.15) is 37.7 Å². The first-order chi connectivity index (χ1) is 13.4. The number of hydrogen-bond donors (Lipinski definition) is 1. The molecule has 0 saturated carbocycles. The Balaban J connectivity index is 2.04. The van der Waals surface area contributed by atoms with Crippen LogP contribution >= 0.6 is 0 Å². The van der Waals surface area contributed by atoms with Gasteiger partial charge in [0.05, 0.1) is 33.1 Å². The predicted octanol–water partition coefficient (Wildman–Crippen LogP) is 2.75. The SMILES string of the molecule is COC(=O)[C@]12CCCCC=C1N(Cc1ccc(OC)cc1)C(=O)[C@@H]2CC(=O)O. The number of hydrogen-bond acceptors (Lipinski definition) is 5. The number of methoxy groups -OCH3 is 2. The van der Waals surface area contributed by atoms with Gasteiger partial charge in [-0.1, -0.05) is 24.6 Å². The van der Waals surface area contributed by atoms with Gasteiger partial charge in [-0.05, 0) is 37.0 Å². The van der Waals surface area contributed by atoms with Crippen LogP contribution in [-0.4, -0.2) is 42.1 Å². The summed E-state index contributed by atoms with van der Waals surface area (Å²) in [7, 11) is 2.87. The van der Waals surface area contributed by atoms with E-state index in [9.17, 15) is 19.5 Å². The first-order valence-electron chi connectivity index (χ1n) is 9.39. The number of carboxylic acid groups (broad SMARTS) is 1. The minimum Gasteiger partial charge on any atom is -0.497 e. The van der Waals surface area contributed by atoms with Gasteiger partial charge in [0.25, 0.3) is 0 Å². The van der Waals surface area contributed by atoms with E-state index in [2.05, 4.69) is 0 Å². The van der Waals surface area contributed by atoms with Crippen molar-refractivity contribution >= 4 is 17.8 Å². The lowest BCUT2D eigenvalue weighted by atomic mass is 9.71. The maximum atomic E-state index is 13.3. The number of amides is 1. The van der Waals surface area contributed by atoms with Gasteiger partial charge in [-0.25, -0.2) is 0 Å². The Labute approximate surface area is 163 Å². The molecule has 7 nitrogen and oxygen atoms in total. The zero-order chi connectivity index (χ0) is 20.3. The number of allylic oxidation sites excluding steroid dienone is 1. The summed E-state index contributed by atoms with van der Waals surface area (Å²) in [6.45, 7) is 0.267. The van der Waals surface area contributed by atoms with Gasteiger partial charge in [0.2, 0.25) is 5.91 Å². The van der Waals surface area contributed by atoms with Crippen LogP contribution in [0.2, 0.25) is 0 Å². The summed E-state index contributed by atoms with van der Waals surface area (Å²) in [6, 6.07) is 7.32. The van der Waals surface area contributed by atoms with E-state index >= 15 is 0 Å². The minimum atomic E-state index is -1.23. The Morgan fingerprint density at radius 3 is 2.54 bits per heavy atom. The fourth-order valence-electron chi connectivity index (χ4n) is 4.36.